The predicted molar refractivity (Wildman–Crippen MR) is 156 cm³/mol. The standard InChI is InChI=1S/C27H54N10O2/c28-23-24(29)25-26-27(25)37(8-4-31-2-6-33-11-15-35(16-12-33)20-22-39)18-17-36(26)7-3-30-1-5-32-9-13-34(14-10-32)19-21-38/h23-25,28,30-31,38-39H,1-22,29H2. The van der Waals surface area contributed by atoms with Crippen LogP contribution >= 0.6 is 0 Å². The first-order valence-electron chi connectivity index (χ1n) is 15.2. The van der Waals surface area contributed by atoms with E-state index in [0.29, 0.717) is 0 Å². The van der Waals surface area contributed by atoms with Crippen LogP contribution in [0.5, 0.6) is 0 Å². The van der Waals surface area contributed by atoms with Crippen molar-refractivity contribution in [3.63, 3.8) is 0 Å². The third-order valence-corrected chi connectivity index (χ3v) is 8.76. The van der Waals surface area contributed by atoms with Crippen LogP contribution in [0.4, 0.5) is 0 Å². The summed E-state index contributed by atoms with van der Waals surface area (Å²) in [5.74, 6) is 0.204. The fourth-order valence-electron chi connectivity index (χ4n) is 6.25. The van der Waals surface area contributed by atoms with Gasteiger partial charge in [-0.3, -0.25) is 19.6 Å². The number of β-amino-alcohol motifs (C(OH)–C–C–N with tert-alkyl or cyclic N) is 2. The van der Waals surface area contributed by atoms with Gasteiger partial charge in [-0.2, -0.15) is 0 Å². The van der Waals surface area contributed by atoms with Crippen molar-refractivity contribution in [1.29, 1.82) is 5.41 Å². The minimum absolute atomic E-state index is 0.204. The van der Waals surface area contributed by atoms with E-state index >= 15 is 0 Å². The van der Waals surface area contributed by atoms with E-state index in [9.17, 15) is 0 Å². The first-order valence-corrected chi connectivity index (χ1v) is 15.2. The quantitative estimate of drug-likeness (QED) is 0.0762. The van der Waals surface area contributed by atoms with Gasteiger partial charge >= 0.3 is 0 Å². The molecule has 1 unspecified atom stereocenters. The van der Waals surface area contributed by atoms with Crippen molar-refractivity contribution in [2.45, 2.75) is 6.04 Å². The average Bonchev–Trinajstić information content (AvgIpc) is 3.71. The van der Waals surface area contributed by atoms with Crippen LogP contribution in [0.2, 0.25) is 0 Å². The molecule has 4 rings (SSSR count). The van der Waals surface area contributed by atoms with Crippen LogP contribution in [0, 0.1) is 11.3 Å². The Balaban J connectivity index is 1.10. The molecule has 1 aliphatic carbocycles. The molecule has 0 amide bonds. The zero-order chi connectivity index (χ0) is 27.5. The molecule has 12 nitrogen and oxygen atoms in total. The van der Waals surface area contributed by atoms with E-state index in [0.717, 1.165) is 131 Å². The Hall–Kier alpha value is -1.35. The molecule has 12 heteroatoms. The first-order chi connectivity index (χ1) is 19.1. The van der Waals surface area contributed by atoms with Crippen LogP contribution in [0.15, 0.2) is 11.4 Å². The lowest BCUT2D eigenvalue weighted by Crippen LogP contribution is -2.49. The van der Waals surface area contributed by atoms with Gasteiger partial charge < -0.3 is 41.8 Å². The highest BCUT2D eigenvalue weighted by molar-refractivity contribution is 5.66. The summed E-state index contributed by atoms with van der Waals surface area (Å²) in [6, 6.07) is -0.229. The van der Waals surface area contributed by atoms with Crippen molar-refractivity contribution in [3.8, 4) is 0 Å². The molecule has 224 valence electrons. The van der Waals surface area contributed by atoms with Gasteiger partial charge in [0.15, 0.2) is 0 Å². The van der Waals surface area contributed by atoms with Crippen molar-refractivity contribution < 1.29 is 10.2 Å². The van der Waals surface area contributed by atoms with E-state index in [1.54, 1.807) is 0 Å². The maximum absolute atomic E-state index is 9.10. The van der Waals surface area contributed by atoms with Gasteiger partial charge in [0, 0.05) is 149 Å². The maximum atomic E-state index is 9.10. The molecule has 0 aromatic rings. The second-order valence-electron chi connectivity index (χ2n) is 11.3. The molecular formula is C27H54N10O2. The molecule has 4 aliphatic rings. The molecule has 1 atom stereocenters. The lowest BCUT2D eigenvalue weighted by molar-refractivity contribution is 0.113. The molecule has 7 N–H and O–H groups in total. The zero-order valence-electron chi connectivity index (χ0n) is 23.9. The molecule has 2 fully saturated rings. The monoisotopic (exact) mass is 550 g/mol. The van der Waals surface area contributed by atoms with E-state index in [2.05, 4.69) is 40.0 Å². The average molecular weight is 551 g/mol. The van der Waals surface area contributed by atoms with E-state index in [-0.39, 0.29) is 25.2 Å². The molecule has 3 aliphatic heterocycles. The molecule has 3 heterocycles. The highest BCUT2D eigenvalue weighted by Crippen LogP contribution is 2.47. The number of rotatable bonds is 18. The number of nitrogens with zero attached hydrogens (tertiary/aromatic N) is 6. The van der Waals surface area contributed by atoms with Crippen molar-refractivity contribution in [1.82, 2.24) is 40.0 Å². The Morgan fingerprint density at radius 2 is 1.00 bits per heavy atom. The van der Waals surface area contributed by atoms with Crippen molar-refractivity contribution in [2.24, 2.45) is 11.7 Å². The van der Waals surface area contributed by atoms with Crippen LogP contribution < -0.4 is 16.4 Å². The number of piperazine rings is 2. The Bertz CT molecular complexity index is 701. The maximum Gasteiger partial charge on any atom is 0.0626 e. The number of nitrogens with two attached hydrogens (primary N) is 1. The molecule has 39 heavy (non-hydrogen) atoms. The topological polar surface area (TPSA) is 134 Å². The largest absolute Gasteiger partial charge is 0.395 e. The van der Waals surface area contributed by atoms with Gasteiger partial charge in [-0.1, -0.05) is 0 Å². The van der Waals surface area contributed by atoms with Gasteiger partial charge in [-0.25, -0.2) is 0 Å². The van der Waals surface area contributed by atoms with Gasteiger partial charge in [0.05, 0.1) is 25.2 Å². The second kappa shape index (κ2) is 16.2. The summed E-state index contributed by atoms with van der Waals surface area (Å²) in [5.41, 5.74) is 9.04. The minimum Gasteiger partial charge on any atom is -0.395 e. The summed E-state index contributed by atoms with van der Waals surface area (Å²) in [6.45, 7) is 20.7. The van der Waals surface area contributed by atoms with Gasteiger partial charge in [-0.05, 0) is 0 Å². The van der Waals surface area contributed by atoms with Crippen LogP contribution in [0.3, 0.4) is 0 Å². The predicted octanol–water partition coefficient (Wildman–Crippen LogP) is -3.18. The van der Waals surface area contributed by atoms with Crippen LogP contribution in [-0.4, -0.2) is 196 Å². The van der Waals surface area contributed by atoms with Gasteiger partial charge in [0.2, 0.25) is 0 Å². The zero-order valence-corrected chi connectivity index (χ0v) is 23.9. The van der Waals surface area contributed by atoms with E-state index < -0.39 is 0 Å². The Morgan fingerprint density at radius 1 is 0.641 bits per heavy atom. The summed E-state index contributed by atoms with van der Waals surface area (Å²) < 4.78 is 0. The molecule has 0 aromatic heterocycles. The molecular weight excluding hydrogens is 496 g/mol. The van der Waals surface area contributed by atoms with Crippen molar-refractivity contribution in [2.75, 3.05) is 144 Å². The highest BCUT2D eigenvalue weighted by atomic mass is 16.3. The third-order valence-electron chi connectivity index (χ3n) is 8.76. The Kier molecular flexibility index (Phi) is 12.7. The number of hydrogen-bond donors (Lipinski definition) is 6. The SMILES string of the molecule is N=CC(N)C1C2=C1N(CCNCCN1CCN(CCO)CC1)CCN2CCNCCN1CCN(CCO)CC1. The van der Waals surface area contributed by atoms with Gasteiger partial charge in [0.1, 0.15) is 0 Å². The van der Waals surface area contributed by atoms with Crippen molar-refractivity contribution >= 4 is 6.21 Å². The number of nitrogens with one attached hydrogen (secondary N) is 3. The fourth-order valence-corrected chi connectivity index (χ4v) is 6.25. The molecule has 0 spiro atoms. The molecule has 0 radical (unpaired) electrons. The third kappa shape index (κ3) is 9.07. The van der Waals surface area contributed by atoms with Gasteiger partial charge in [0.25, 0.3) is 0 Å². The molecule has 2 saturated heterocycles. The van der Waals surface area contributed by atoms with Crippen molar-refractivity contribution in [3.05, 3.63) is 11.4 Å². The number of aliphatic hydroxyl groups excluding tert-OH is 2. The fraction of sp³-hybridized carbons (Fsp3) is 0.889. The summed E-state index contributed by atoms with van der Waals surface area (Å²) >= 11 is 0. The highest BCUT2D eigenvalue weighted by Gasteiger charge is 2.48. The van der Waals surface area contributed by atoms with Crippen LogP contribution in [0.25, 0.3) is 0 Å². The Labute approximate surface area is 235 Å². The smallest absolute Gasteiger partial charge is 0.0626 e. The number of hydrogen-bond acceptors (Lipinski definition) is 12. The van der Waals surface area contributed by atoms with Crippen LogP contribution in [0.1, 0.15) is 0 Å². The molecule has 0 saturated carbocycles. The summed E-state index contributed by atoms with van der Waals surface area (Å²) in [7, 11) is 0. The summed E-state index contributed by atoms with van der Waals surface area (Å²) in [4.78, 5) is 14.7. The van der Waals surface area contributed by atoms with Gasteiger partial charge in [-0.15, -0.1) is 0 Å². The second-order valence-corrected chi connectivity index (χ2v) is 11.3. The molecule has 0 aromatic carbocycles. The van der Waals surface area contributed by atoms with E-state index in [1.807, 2.05) is 0 Å². The Morgan fingerprint density at radius 3 is 1.36 bits per heavy atom. The first kappa shape index (κ1) is 30.6. The van der Waals surface area contributed by atoms with Crippen LogP contribution in [-0.2, 0) is 0 Å². The summed E-state index contributed by atoms with van der Waals surface area (Å²) in [5, 5.41) is 33.2. The normalized spacial score (nSPS) is 22.9. The number of aliphatic hydroxyl groups is 2. The molecule has 0 bridgehead atoms. The van der Waals surface area contributed by atoms with E-state index in [1.165, 1.54) is 17.6 Å². The summed E-state index contributed by atoms with van der Waals surface area (Å²) in [6.07, 6.45) is 1.40. The lowest BCUT2D eigenvalue weighted by Gasteiger charge is -2.34. The minimum atomic E-state index is -0.229. The van der Waals surface area contributed by atoms with E-state index in [4.69, 9.17) is 21.4 Å². The lowest BCUT2D eigenvalue weighted by atomic mass is 10.1.